The van der Waals surface area contributed by atoms with Gasteiger partial charge in [-0.3, -0.25) is 0 Å². The van der Waals surface area contributed by atoms with E-state index in [9.17, 15) is 0 Å². The van der Waals surface area contributed by atoms with Crippen LogP contribution in [0.5, 0.6) is 11.5 Å². The van der Waals surface area contributed by atoms with E-state index >= 15 is 0 Å². The van der Waals surface area contributed by atoms with Gasteiger partial charge in [-0.15, -0.1) is 0 Å². The Morgan fingerprint density at radius 1 is 0.514 bits per heavy atom. The number of anilines is 2. The van der Waals surface area contributed by atoms with Crippen LogP contribution in [0.3, 0.4) is 0 Å². The Hall–Kier alpha value is -4.79. The van der Waals surface area contributed by atoms with Crippen molar-refractivity contribution in [1.29, 1.82) is 0 Å². The molecule has 2 aromatic carbocycles. The zero-order valence-corrected chi connectivity index (χ0v) is 20.1. The first-order valence-corrected chi connectivity index (χ1v) is 11.8. The Morgan fingerprint density at radius 3 is 1.62 bits per heavy atom. The van der Waals surface area contributed by atoms with Crippen LogP contribution in [0.2, 0.25) is 0 Å². The van der Waals surface area contributed by atoms with Crippen LogP contribution in [-0.2, 0) is 13.1 Å². The molecule has 0 radical (unpaired) electrons. The van der Waals surface area contributed by atoms with Crippen molar-refractivity contribution in [1.82, 2.24) is 15.0 Å². The molecule has 0 bridgehead atoms. The summed E-state index contributed by atoms with van der Waals surface area (Å²) < 4.78 is 5.95. The number of ether oxygens (including phenoxy) is 1. The molecule has 0 aliphatic heterocycles. The van der Waals surface area contributed by atoms with E-state index < -0.39 is 0 Å². The Labute approximate surface area is 215 Å². The van der Waals surface area contributed by atoms with Gasteiger partial charge in [0.25, 0.3) is 0 Å². The first-order chi connectivity index (χ1) is 18.0. The summed E-state index contributed by atoms with van der Waals surface area (Å²) >= 11 is 0. The normalized spacial score (nSPS) is 10.9. The number of pyridine rings is 3. The molecule has 0 amide bonds. The molecule has 5 rings (SSSR count). The van der Waals surface area contributed by atoms with Crippen molar-refractivity contribution in [2.45, 2.75) is 13.1 Å². The zero-order valence-electron chi connectivity index (χ0n) is 20.1. The first-order valence-electron chi connectivity index (χ1n) is 11.8. The first kappa shape index (κ1) is 23.9. The quantitative estimate of drug-likeness (QED) is 0.239. The summed E-state index contributed by atoms with van der Waals surface area (Å²) in [5, 5.41) is 0. The Balaban J connectivity index is 1.54. The van der Waals surface area contributed by atoms with Gasteiger partial charge in [0.15, 0.2) is 0 Å². The predicted octanol–water partition coefficient (Wildman–Crippen LogP) is 4.75. The van der Waals surface area contributed by atoms with Crippen LogP contribution >= 0.6 is 0 Å². The lowest BCUT2D eigenvalue weighted by Gasteiger charge is -2.12. The molecular weight excluding hydrogens is 462 g/mol. The zero-order chi connectivity index (χ0) is 25.8. The van der Waals surface area contributed by atoms with Crippen LogP contribution in [0.15, 0.2) is 91.0 Å². The van der Waals surface area contributed by atoms with Gasteiger partial charge in [-0.2, -0.15) is 0 Å². The van der Waals surface area contributed by atoms with Crippen molar-refractivity contribution in [2.75, 3.05) is 11.5 Å². The van der Waals surface area contributed by atoms with Gasteiger partial charge in [0.05, 0.1) is 45.5 Å². The lowest BCUT2D eigenvalue weighted by molar-refractivity contribution is 0.483. The maximum absolute atomic E-state index is 5.95. The smallest absolute Gasteiger partial charge is 0.129 e. The number of aromatic nitrogens is 3. The lowest BCUT2D eigenvalue weighted by atomic mass is 10.0. The van der Waals surface area contributed by atoms with Crippen LogP contribution in [0.4, 0.5) is 11.4 Å². The van der Waals surface area contributed by atoms with Gasteiger partial charge in [-0.25, -0.2) is 15.0 Å². The molecule has 3 heterocycles. The van der Waals surface area contributed by atoms with E-state index in [-0.39, 0.29) is 0 Å². The second-order valence-electron chi connectivity index (χ2n) is 8.48. The van der Waals surface area contributed by atoms with E-state index in [1.807, 2.05) is 72.8 Å². The third-order valence-corrected chi connectivity index (χ3v) is 5.86. The van der Waals surface area contributed by atoms with Crippen LogP contribution in [-0.4, -0.2) is 15.0 Å². The van der Waals surface area contributed by atoms with Crippen molar-refractivity contribution < 1.29 is 4.74 Å². The average Bonchev–Trinajstić information content (AvgIpc) is 2.95. The van der Waals surface area contributed by atoms with Crippen molar-refractivity contribution in [2.24, 2.45) is 11.5 Å². The fourth-order valence-corrected chi connectivity index (χ4v) is 3.90. The van der Waals surface area contributed by atoms with E-state index in [1.165, 1.54) is 0 Å². The standard InChI is InChI=1S/C29H27N7O/c30-16-20-3-1-5-26(34-20)28-13-19(14-29(36-28)27-6-2-4-21(17-31)35-27)18-7-9-22(10-8-18)37-23-11-12-24(32)25(33)15-23/h1-15H,16-17,30-33H2. The Kier molecular flexibility index (Phi) is 6.76. The van der Waals surface area contributed by atoms with Gasteiger partial charge >= 0.3 is 0 Å². The summed E-state index contributed by atoms with van der Waals surface area (Å²) in [7, 11) is 0. The topological polar surface area (TPSA) is 152 Å². The molecule has 8 nitrogen and oxygen atoms in total. The van der Waals surface area contributed by atoms with Gasteiger partial charge in [0.2, 0.25) is 0 Å². The summed E-state index contributed by atoms with van der Waals surface area (Å²) in [5.41, 5.74) is 30.8. The number of hydrogen-bond acceptors (Lipinski definition) is 8. The molecule has 0 spiro atoms. The number of benzene rings is 2. The minimum atomic E-state index is 0.349. The summed E-state index contributed by atoms with van der Waals surface area (Å²) in [4.78, 5) is 14.2. The van der Waals surface area contributed by atoms with Gasteiger partial charge < -0.3 is 27.7 Å². The van der Waals surface area contributed by atoms with Crippen molar-refractivity contribution in [3.05, 3.63) is 102 Å². The highest BCUT2D eigenvalue weighted by molar-refractivity contribution is 5.75. The fourth-order valence-electron chi connectivity index (χ4n) is 3.90. The maximum Gasteiger partial charge on any atom is 0.129 e. The monoisotopic (exact) mass is 489 g/mol. The molecule has 3 aromatic heterocycles. The number of nitrogens with two attached hydrogens (primary N) is 4. The number of nitrogen functional groups attached to an aromatic ring is 2. The molecule has 184 valence electrons. The lowest BCUT2D eigenvalue weighted by Crippen LogP contribution is -2.02. The van der Waals surface area contributed by atoms with Crippen LogP contribution in [0.1, 0.15) is 11.4 Å². The minimum Gasteiger partial charge on any atom is -0.457 e. The maximum atomic E-state index is 5.95. The van der Waals surface area contributed by atoms with Gasteiger partial charge in [0.1, 0.15) is 11.5 Å². The van der Waals surface area contributed by atoms with Crippen LogP contribution < -0.4 is 27.7 Å². The summed E-state index contributed by atoms with van der Waals surface area (Å²) in [5.74, 6) is 1.29. The van der Waals surface area contributed by atoms with Crippen molar-refractivity contribution in [3.63, 3.8) is 0 Å². The molecule has 0 aliphatic carbocycles. The van der Waals surface area contributed by atoms with Crippen molar-refractivity contribution in [3.8, 4) is 45.4 Å². The Bertz CT molecular complexity index is 1490. The molecule has 0 atom stereocenters. The number of hydrogen-bond donors (Lipinski definition) is 4. The SMILES string of the molecule is NCc1cccc(-c2cc(-c3ccc(Oc4ccc(N)c(N)c4)cc3)cc(-c3cccc(CN)n3)n2)n1. The minimum absolute atomic E-state index is 0.349. The molecule has 0 fully saturated rings. The van der Waals surface area contributed by atoms with E-state index in [1.54, 1.807) is 18.2 Å². The number of rotatable bonds is 7. The molecule has 0 aliphatic rings. The third-order valence-electron chi connectivity index (χ3n) is 5.86. The van der Waals surface area contributed by atoms with Crippen molar-refractivity contribution >= 4 is 11.4 Å². The second kappa shape index (κ2) is 10.4. The fraction of sp³-hybridized carbons (Fsp3) is 0.0690. The average molecular weight is 490 g/mol. The summed E-state index contributed by atoms with van der Waals surface area (Å²) in [6.07, 6.45) is 0. The molecule has 5 aromatic rings. The molecule has 0 unspecified atom stereocenters. The van der Waals surface area contributed by atoms with Crippen LogP contribution in [0, 0.1) is 0 Å². The largest absolute Gasteiger partial charge is 0.457 e. The molecule has 0 saturated carbocycles. The Morgan fingerprint density at radius 2 is 1.08 bits per heavy atom. The van der Waals surface area contributed by atoms with E-state index in [0.29, 0.717) is 36.0 Å². The second-order valence-corrected chi connectivity index (χ2v) is 8.48. The van der Waals surface area contributed by atoms with Gasteiger partial charge in [-0.05, 0) is 71.8 Å². The molecular formula is C29H27N7O. The van der Waals surface area contributed by atoms with Gasteiger partial charge in [0, 0.05) is 19.2 Å². The number of nitrogens with zero attached hydrogens (tertiary/aromatic N) is 3. The van der Waals surface area contributed by atoms with E-state index in [4.69, 9.17) is 32.7 Å². The van der Waals surface area contributed by atoms with Gasteiger partial charge in [-0.1, -0.05) is 24.3 Å². The van der Waals surface area contributed by atoms with E-state index in [0.717, 1.165) is 45.3 Å². The summed E-state index contributed by atoms with van der Waals surface area (Å²) in [6.45, 7) is 0.698. The molecule has 8 heteroatoms. The van der Waals surface area contributed by atoms with Crippen LogP contribution in [0.25, 0.3) is 33.9 Å². The highest BCUT2D eigenvalue weighted by Gasteiger charge is 2.12. The third kappa shape index (κ3) is 5.40. The highest BCUT2D eigenvalue weighted by Crippen LogP contribution is 2.32. The molecule has 0 saturated heterocycles. The highest BCUT2D eigenvalue weighted by atomic mass is 16.5. The molecule has 37 heavy (non-hydrogen) atoms. The summed E-state index contributed by atoms with van der Waals surface area (Å²) in [6, 6.07) is 28.5. The van der Waals surface area contributed by atoms with E-state index in [2.05, 4.69) is 9.97 Å². The molecule has 8 N–H and O–H groups in total. The predicted molar refractivity (Wildman–Crippen MR) is 147 cm³/mol.